The van der Waals surface area contributed by atoms with Gasteiger partial charge in [-0.05, 0) is 49.3 Å². The molecule has 0 aromatic heterocycles. The van der Waals surface area contributed by atoms with Gasteiger partial charge in [0.05, 0.1) is 5.56 Å². The molecular formula is C17H20F3N3O2S. The van der Waals surface area contributed by atoms with Crippen molar-refractivity contribution < 1.29 is 22.7 Å². The largest absolute Gasteiger partial charge is 0.416 e. The fraction of sp³-hybridized carbons (Fsp3) is 0.529. The Morgan fingerprint density at radius 1 is 1.12 bits per heavy atom. The molecule has 0 spiro atoms. The Bertz CT molecular complexity index is 652. The van der Waals surface area contributed by atoms with Crippen LogP contribution in [0.4, 0.5) is 18.9 Å². The van der Waals surface area contributed by atoms with Crippen LogP contribution in [-0.4, -0.2) is 59.7 Å². The van der Waals surface area contributed by atoms with Gasteiger partial charge in [0.25, 0.3) is 5.91 Å². The lowest BCUT2D eigenvalue weighted by atomic mass is 10.2. The lowest BCUT2D eigenvalue weighted by molar-refractivity contribution is -0.142. The summed E-state index contributed by atoms with van der Waals surface area (Å²) >= 11 is 5.34. The summed E-state index contributed by atoms with van der Waals surface area (Å²) in [6.07, 6.45) is -2.99. The number of rotatable bonds is 2. The fourth-order valence-corrected chi connectivity index (χ4v) is 3.35. The summed E-state index contributed by atoms with van der Waals surface area (Å²) in [7, 11) is 0. The van der Waals surface area contributed by atoms with Gasteiger partial charge in [0.2, 0.25) is 0 Å². The van der Waals surface area contributed by atoms with Crippen LogP contribution in [0.2, 0.25) is 0 Å². The second-order valence-corrected chi connectivity index (χ2v) is 6.71. The van der Waals surface area contributed by atoms with Gasteiger partial charge < -0.3 is 19.9 Å². The zero-order valence-corrected chi connectivity index (χ0v) is 14.9. The first-order chi connectivity index (χ1) is 12.3. The van der Waals surface area contributed by atoms with E-state index in [1.54, 1.807) is 4.90 Å². The summed E-state index contributed by atoms with van der Waals surface area (Å²) in [5, 5.41) is 3.39. The molecule has 5 nitrogen and oxygen atoms in total. The highest BCUT2D eigenvalue weighted by Crippen LogP contribution is 2.29. The van der Waals surface area contributed by atoms with Crippen molar-refractivity contribution in [1.82, 2.24) is 9.80 Å². The van der Waals surface area contributed by atoms with E-state index < -0.39 is 11.7 Å². The van der Waals surface area contributed by atoms with Crippen LogP contribution in [0.5, 0.6) is 0 Å². The minimum absolute atomic E-state index is 0.0313. The number of halogens is 3. The molecule has 0 bridgehead atoms. The van der Waals surface area contributed by atoms with Crippen LogP contribution in [0.1, 0.15) is 18.4 Å². The Balaban J connectivity index is 1.50. The second kappa shape index (κ2) is 7.79. The van der Waals surface area contributed by atoms with Crippen LogP contribution >= 0.6 is 12.2 Å². The molecule has 142 valence electrons. The lowest BCUT2D eigenvalue weighted by Gasteiger charge is -2.37. The zero-order valence-electron chi connectivity index (χ0n) is 14.1. The van der Waals surface area contributed by atoms with E-state index in [0.29, 0.717) is 43.6 Å². The molecule has 0 radical (unpaired) electrons. The minimum atomic E-state index is -4.36. The predicted octanol–water partition coefficient (Wildman–Crippen LogP) is 2.73. The van der Waals surface area contributed by atoms with Crippen molar-refractivity contribution >= 4 is 28.9 Å². The molecule has 2 heterocycles. The number of anilines is 1. The monoisotopic (exact) mass is 387 g/mol. The summed E-state index contributed by atoms with van der Waals surface area (Å²) in [5.74, 6) is 0.0313. The van der Waals surface area contributed by atoms with Gasteiger partial charge in [-0.15, -0.1) is 0 Å². The molecule has 1 atom stereocenters. The first-order valence-electron chi connectivity index (χ1n) is 8.48. The van der Waals surface area contributed by atoms with Gasteiger partial charge in [-0.3, -0.25) is 4.79 Å². The van der Waals surface area contributed by atoms with Gasteiger partial charge in [0.15, 0.2) is 5.11 Å². The van der Waals surface area contributed by atoms with E-state index in [2.05, 4.69) is 5.32 Å². The average molecular weight is 387 g/mol. The Morgan fingerprint density at radius 2 is 1.73 bits per heavy atom. The predicted molar refractivity (Wildman–Crippen MR) is 94.8 cm³/mol. The number of carbonyl (C=O) groups is 1. The Morgan fingerprint density at radius 3 is 2.27 bits per heavy atom. The molecule has 0 saturated carbocycles. The van der Waals surface area contributed by atoms with Gasteiger partial charge in [-0.25, -0.2) is 0 Å². The van der Waals surface area contributed by atoms with Gasteiger partial charge in [0.1, 0.15) is 6.10 Å². The van der Waals surface area contributed by atoms with Gasteiger partial charge in [-0.1, -0.05) is 0 Å². The van der Waals surface area contributed by atoms with E-state index in [1.165, 1.54) is 12.1 Å². The molecule has 1 aromatic carbocycles. The van der Waals surface area contributed by atoms with Crippen molar-refractivity contribution in [2.75, 3.05) is 38.1 Å². The maximum absolute atomic E-state index is 12.6. The molecule has 9 heteroatoms. The zero-order chi connectivity index (χ0) is 18.7. The lowest BCUT2D eigenvalue weighted by Crippen LogP contribution is -2.53. The van der Waals surface area contributed by atoms with E-state index in [1.807, 2.05) is 4.90 Å². The fourth-order valence-electron chi connectivity index (χ4n) is 3.05. The first-order valence-corrected chi connectivity index (χ1v) is 8.89. The molecule has 2 aliphatic rings. The summed E-state index contributed by atoms with van der Waals surface area (Å²) in [4.78, 5) is 16.0. The van der Waals surface area contributed by atoms with Crippen LogP contribution in [0.25, 0.3) is 0 Å². The maximum atomic E-state index is 12.6. The average Bonchev–Trinajstić information content (AvgIpc) is 3.15. The van der Waals surface area contributed by atoms with Crippen LogP contribution in [0.3, 0.4) is 0 Å². The summed E-state index contributed by atoms with van der Waals surface area (Å²) in [5.41, 5.74) is -0.198. The summed E-state index contributed by atoms with van der Waals surface area (Å²) in [6, 6.07) is 4.74. The highest BCUT2D eigenvalue weighted by molar-refractivity contribution is 7.80. The van der Waals surface area contributed by atoms with Crippen LogP contribution in [0, 0.1) is 0 Å². The van der Waals surface area contributed by atoms with Crippen molar-refractivity contribution in [2.24, 2.45) is 0 Å². The van der Waals surface area contributed by atoms with Crippen molar-refractivity contribution in [3.63, 3.8) is 0 Å². The Hall–Kier alpha value is -1.87. The van der Waals surface area contributed by atoms with Crippen LogP contribution in [0.15, 0.2) is 24.3 Å². The van der Waals surface area contributed by atoms with Gasteiger partial charge in [-0.2, -0.15) is 13.2 Å². The number of hydrogen-bond donors (Lipinski definition) is 1. The van der Waals surface area contributed by atoms with Gasteiger partial charge in [0, 0.05) is 38.5 Å². The second-order valence-electron chi connectivity index (χ2n) is 6.32. The van der Waals surface area contributed by atoms with E-state index in [0.717, 1.165) is 25.0 Å². The van der Waals surface area contributed by atoms with E-state index in [4.69, 9.17) is 17.0 Å². The molecule has 2 aliphatic heterocycles. The number of nitrogens with zero attached hydrogens (tertiary/aromatic N) is 2. The number of benzene rings is 1. The normalized spacial score (nSPS) is 21.0. The van der Waals surface area contributed by atoms with Gasteiger partial charge >= 0.3 is 6.18 Å². The minimum Gasteiger partial charge on any atom is -0.368 e. The van der Waals surface area contributed by atoms with E-state index >= 15 is 0 Å². The molecule has 2 saturated heterocycles. The van der Waals surface area contributed by atoms with Crippen molar-refractivity contribution in [3.05, 3.63) is 29.8 Å². The molecule has 1 aromatic rings. The van der Waals surface area contributed by atoms with E-state index in [9.17, 15) is 18.0 Å². The Kier molecular flexibility index (Phi) is 5.67. The SMILES string of the molecule is O=C(C1CCCO1)N1CCN(C(=S)Nc2ccc(C(F)(F)F)cc2)CC1. The number of thiocarbonyl (C=S) groups is 1. The smallest absolute Gasteiger partial charge is 0.368 e. The van der Waals surface area contributed by atoms with Crippen LogP contribution in [-0.2, 0) is 15.7 Å². The van der Waals surface area contributed by atoms with E-state index in [-0.39, 0.29) is 12.0 Å². The molecule has 3 rings (SSSR count). The highest BCUT2D eigenvalue weighted by Gasteiger charge is 2.31. The molecule has 0 aliphatic carbocycles. The third kappa shape index (κ3) is 4.45. The number of piperazine rings is 1. The summed E-state index contributed by atoms with van der Waals surface area (Å²) < 4.78 is 43.2. The number of carbonyl (C=O) groups excluding carboxylic acids is 1. The number of amides is 1. The third-order valence-corrected chi connectivity index (χ3v) is 4.91. The molecular weight excluding hydrogens is 367 g/mol. The summed E-state index contributed by atoms with van der Waals surface area (Å²) in [6.45, 7) is 2.88. The maximum Gasteiger partial charge on any atom is 0.416 e. The molecule has 26 heavy (non-hydrogen) atoms. The van der Waals surface area contributed by atoms with Crippen molar-refractivity contribution in [2.45, 2.75) is 25.1 Å². The molecule has 1 unspecified atom stereocenters. The molecule has 1 N–H and O–H groups in total. The number of hydrogen-bond acceptors (Lipinski definition) is 3. The quantitative estimate of drug-likeness (QED) is 0.791. The van der Waals surface area contributed by atoms with Crippen LogP contribution < -0.4 is 5.32 Å². The number of ether oxygens (including phenoxy) is 1. The highest BCUT2D eigenvalue weighted by atomic mass is 32.1. The Labute approximate surface area is 155 Å². The van der Waals surface area contributed by atoms with Crippen molar-refractivity contribution in [3.8, 4) is 0 Å². The standard InChI is InChI=1S/C17H20F3N3O2S/c18-17(19,20)12-3-5-13(6-4-12)21-16(26)23-9-7-22(8-10-23)15(24)14-2-1-11-25-14/h3-6,14H,1-2,7-11H2,(H,21,26). The molecule has 1 amide bonds. The third-order valence-electron chi connectivity index (χ3n) is 4.55. The molecule has 2 fully saturated rings. The first kappa shape index (κ1) is 18.9. The number of alkyl halides is 3. The topological polar surface area (TPSA) is 44.8 Å². The van der Waals surface area contributed by atoms with Crippen molar-refractivity contribution in [1.29, 1.82) is 0 Å². The number of nitrogens with one attached hydrogen (secondary N) is 1.